The average Bonchev–Trinajstić information content (AvgIpc) is 2.61. The van der Waals surface area contributed by atoms with Gasteiger partial charge in [-0.05, 0) is 31.5 Å². The lowest BCUT2D eigenvalue weighted by molar-refractivity contribution is 0.102. The Morgan fingerprint density at radius 1 is 1.39 bits per heavy atom. The molecular weight excluding hydrogens is 294 g/mol. The summed E-state index contributed by atoms with van der Waals surface area (Å²) in [5, 5.41) is 7.05. The SMILES string of the molecule is Cc1cc(NC(=O)c2cccc(Br)c2C)n(C)n1. The van der Waals surface area contributed by atoms with Gasteiger partial charge in [0.2, 0.25) is 0 Å². The van der Waals surface area contributed by atoms with Crippen molar-refractivity contribution in [3.05, 3.63) is 45.6 Å². The second-order valence-corrected chi connectivity index (χ2v) is 5.02. The van der Waals surface area contributed by atoms with Crippen LogP contribution in [0.2, 0.25) is 0 Å². The van der Waals surface area contributed by atoms with Crippen LogP contribution < -0.4 is 5.32 Å². The largest absolute Gasteiger partial charge is 0.307 e. The van der Waals surface area contributed by atoms with Crippen molar-refractivity contribution >= 4 is 27.7 Å². The minimum absolute atomic E-state index is 0.128. The van der Waals surface area contributed by atoms with Gasteiger partial charge in [0, 0.05) is 23.2 Å². The Labute approximate surface area is 114 Å². The minimum atomic E-state index is -0.128. The first-order valence-corrected chi connectivity index (χ1v) is 6.35. The molecule has 1 heterocycles. The summed E-state index contributed by atoms with van der Waals surface area (Å²) < 4.78 is 2.58. The summed E-state index contributed by atoms with van der Waals surface area (Å²) in [6, 6.07) is 7.41. The van der Waals surface area contributed by atoms with Crippen LogP contribution in [0.3, 0.4) is 0 Å². The van der Waals surface area contributed by atoms with Crippen molar-refractivity contribution in [2.45, 2.75) is 13.8 Å². The third kappa shape index (κ3) is 2.46. The highest BCUT2D eigenvalue weighted by Gasteiger charge is 2.12. The number of halogens is 1. The van der Waals surface area contributed by atoms with Crippen molar-refractivity contribution in [3.63, 3.8) is 0 Å². The molecule has 0 bridgehead atoms. The second-order valence-electron chi connectivity index (χ2n) is 4.16. The lowest BCUT2D eigenvalue weighted by atomic mass is 10.1. The Bertz CT molecular complexity index is 604. The van der Waals surface area contributed by atoms with Gasteiger partial charge < -0.3 is 5.32 Å². The van der Waals surface area contributed by atoms with Crippen LogP contribution in [0.15, 0.2) is 28.7 Å². The van der Waals surface area contributed by atoms with Gasteiger partial charge in [0.15, 0.2) is 0 Å². The third-order valence-electron chi connectivity index (χ3n) is 2.76. The summed E-state index contributed by atoms with van der Waals surface area (Å²) >= 11 is 3.42. The monoisotopic (exact) mass is 307 g/mol. The molecule has 1 N–H and O–H groups in total. The Hall–Kier alpha value is -1.62. The van der Waals surface area contributed by atoms with Crippen LogP contribution >= 0.6 is 15.9 Å². The number of amides is 1. The highest BCUT2D eigenvalue weighted by atomic mass is 79.9. The number of aryl methyl sites for hydroxylation is 2. The summed E-state index contributed by atoms with van der Waals surface area (Å²) in [6.07, 6.45) is 0. The first kappa shape index (κ1) is 12.8. The molecule has 1 aromatic carbocycles. The van der Waals surface area contributed by atoms with Gasteiger partial charge in [-0.2, -0.15) is 5.10 Å². The van der Waals surface area contributed by atoms with Gasteiger partial charge in [-0.3, -0.25) is 9.48 Å². The van der Waals surface area contributed by atoms with Crippen molar-refractivity contribution in [3.8, 4) is 0 Å². The summed E-state index contributed by atoms with van der Waals surface area (Å²) in [6.45, 7) is 3.80. The van der Waals surface area contributed by atoms with Crippen LogP contribution in [-0.4, -0.2) is 15.7 Å². The van der Waals surface area contributed by atoms with Crippen molar-refractivity contribution in [2.75, 3.05) is 5.32 Å². The summed E-state index contributed by atoms with van der Waals surface area (Å²) in [4.78, 5) is 12.2. The Balaban J connectivity index is 2.27. The topological polar surface area (TPSA) is 46.9 Å². The molecule has 0 atom stereocenters. The number of benzene rings is 1. The molecule has 94 valence electrons. The lowest BCUT2D eigenvalue weighted by Crippen LogP contribution is -2.15. The summed E-state index contributed by atoms with van der Waals surface area (Å²) in [5.74, 6) is 0.564. The molecular formula is C13H14BrN3O. The predicted octanol–water partition coefficient (Wildman–Crippen LogP) is 3.05. The first-order chi connectivity index (χ1) is 8.49. The van der Waals surface area contributed by atoms with E-state index in [-0.39, 0.29) is 5.91 Å². The van der Waals surface area contributed by atoms with Crippen molar-refractivity contribution < 1.29 is 4.79 Å². The molecule has 2 rings (SSSR count). The van der Waals surface area contributed by atoms with Crippen LogP contribution in [0.4, 0.5) is 5.82 Å². The molecule has 18 heavy (non-hydrogen) atoms. The molecule has 2 aromatic rings. The molecule has 0 aliphatic heterocycles. The predicted molar refractivity (Wildman–Crippen MR) is 74.8 cm³/mol. The molecule has 0 saturated carbocycles. The molecule has 0 fully saturated rings. The minimum Gasteiger partial charge on any atom is -0.307 e. The average molecular weight is 308 g/mol. The van der Waals surface area contributed by atoms with Gasteiger partial charge in [-0.1, -0.05) is 22.0 Å². The quantitative estimate of drug-likeness (QED) is 0.927. The van der Waals surface area contributed by atoms with E-state index < -0.39 is 0 Å². The molecule has 1 amide bonds. The zero-order chi connectivity index (χ0) is 13.3. The van der Waals surface area contributed by atoms with Gasteiger partial charge in [-0.15, -0.1) is 0 Å². The Morgan fingerprint density at radius 3 is 2.72 bits per heavy atom. The fraction of sp³-hybridized carbons (Fsp3) is 0.231. The van der Waals surface area contributed by atoms with Crippen LogP contribution in [0.5, 0.6) is 0 Å². The number of nitrogens with zero attached hydrogens (tertiary/aromatic N) is 2. The van der Waals surface area contributed by atoms with Gasteiger partial charge in [0.05, 0.1) is 5.69 Å². The van der Waals surface area contributed by atoms with Gasteiger partial charge in [-0.25, -0.2) is 0 Å². The van der Waals surface area contributed by atoms with Crippen LogP contribution in [0.1, 0.15) is 21.6 Å². The maximum Gasteiger partial charge on any atom is 0.257 e. The first-order valence-electron chi connectivity index (χ1n) is 5.56. The van der Waals surface area contributed by atoms with E-state index in [1.807, 2.05) is 32.0 Å². The number of hydrogen-bond donors (Lipinski definition) is 1. The van der Waals surface area contributed by atoms with E-state index >= 15 is 0 Å². The van der Waals surface area contributed by atoms with Crippen molar-refractivity contribution in [1.29, 1.82) is 0 Å². The number of hydrogen-bond acceptors (Lipinski definition) is 2. The Kier molecular flexibility index (Phi) is 3.52. The number of nitrogens with one attached hydrogen (secondary N) is 1. The molecule has 0 radical (unpaired) electrons. The van der Waals surface area contributed by atoms with Gasteiger partial charge in [0.25, 0.3) is 5.91 Å². The van der Waals surface area contributed by atoms with E-state index in [0.29, 0.717) is 11.4 Å². The van der Waals surface area contributed by atoms with Crippen molar-refractivity contribution in [2.24, 2.45) is 7.05 Å². The van der Waals surface area contributed by atoms with E-state index in [0.717, 1.165) is 15.7 Å². The molecule has 4 nitrogen and oxygen atoms in total. The zero-order valence-corrected chi connectivity index (χ0v) is 12.1. The van der Waals surface area contributed by atoms with Gasteiger partial charge in [0.1, 0.15) is 5.82 Å². The fourth-order valence-corrected chi connectivity index (χ4v) is 2.13. The van der Waals surface area contributed by atoms with E-state index in [1.54, 1.807) is 17.8 Å². The highest BCUT2D eigenvalue weighted by Crippen LogP contribution is 2.20. The Morgan fingerprint density at radius 2 is 2.11 bits per heavy atom. The lowest BCUT2D eigenvalue weighted by Gasteiger charge is -2.08. The molecule has 0 saturated heterocycles. The number of anilines is 1. The van der Waals surface area contributed by atoms with Crippen LogP contribution in [0.25, 0.3) is 0 Å². The number of aromatic nitrogens is 2. The summed E-state index contributed by atoms with van der Waals surface area (Å²) in [5.41, 5.74) is 2.45. The maximum atomic E-state index is 12.2. The highest BCUT2D eigenvalue weighted by molar-refractivity contribution is 9.10. The molecule has 0 aliphatic carbocycles. The molecule has 0 spiro atoms. The maximum absolute atomic E-state index is 12.2. The van der Waals surface area contributed by atoms with Crippen LogP contribution in [-0.2, 0) is 7.05 Å². The van der Waals surface area contributed by atoms with E-state index in [2.05, 4.69) is 26.3 Å². The van der Waals surface area contributed by atoms with E-state index in [9.17, 15) is 4.79 Å². The fourth-order valence-electron chi connectivity index (χ4n) is 1.76. The van der Waals surface area contributed by atoms with Gasteiger partial charge >= 0.3 is 0 Å². The molecule has 0 unspecified atom stereocenters. The number of rotatable bonds is 2. The normalized spacial score (nSPS) is 10.4. The molecule has 1 aromatic heterocycles. The van der Waals surface area contributed by atoms with E-state index in [4.69, 9.17) is 0 Å². The molecule has 5 heteroatoms. The van der Waals surface area contributed by atoms with E-state index in [1.165, 1.54) is 0 Å². The zero-order valence-electron chi connectivity index (χ0n) is 10.5. The molecule has 0 aliphatic rings. The van der Waals surface area contributed by atoms with Crippen LogP contribution in [0, 0.1) is 13.8 Å². The third-order valence-corrected chi connectivity index (χ3v) is 3.61. The smallest absolute Gasteiger partial charge is 0.257 e. The number of carbonyl (C=O) groups is 1. The van der Waals surface area contributed by atoms with Crippen molar-refractivity contribution in [1.82, 2.24) is 9.78 Å². The standard InChI is InChI=1S/C13H14BrN3O/c1-8-7-12(17(3)16-8)15-13(18)10-5-4-6-11(14)9(10)2/h4-7H,1-3H3,(H,15,18). The summed E-state index contributed by atoms with van der Waals surface area (Å²) in [7, 11) is 1.80. The second kappa shape index (κ2) is 4.94. The number of carbonyl (C=O) groups excluding carboxylic acids is 1.